The maximum Gasteiger partial charge on any atom is 0.225 e. The molecule has 0 aromatic heterocycles. The van der Waals surface area contributed by atoms with Crippen LogP contribution in [-0.4, -0.2) is 49.8 Å². The number of amides is 2. The zero-order valence-electron chi connectivity index (χ0n) is 22.4. The van der Waals surface area contributed by atoms with Gasteiger partial charge in [0.2, 0.25) is 11.8 Å². The first-order valence-electron chi connectivity index (χ1n) is 11.5. The fourth-order valence-electron chi connectivity index (χ4n) is 3.60. The molecule has 0 fully saturated rings. The van der Waals surface area contributed by atoms with Gasteiger partial charge in [-0.05, 0) is 58.3 Å². The summed E-state index contributed by atoms with van der Waals surface area (Å²) in [5.41, 5.74) is -1.31. The SMILES string of the molecule is CNC(=O)CC(C)(C)OCCC(C)(C)C(=O)NCC(C)(C)CC(C)(C)COC(C)(C)C. The third-order valence-electron chi connectivity index (χ3n) is 5.28. The number of rotatable bonds is 13. The van der Waals surface area contributed by atoms with Crippen molar-refractivity contribution in [1.82, 2.24) is 10.6 Å². The lowest BCUT2D eigenvalue weighted by Crippen LogP contribution is -2.44. The van der Waals surface area contributed by atoms with Crippen LogP contribution in [0.25, 0.3) is 0 Å². The van der Waals surface area contributed by atoms with Crippen molar-refractivity contribution in [2.45, 2.75) is 107 Å². The van der Waals surface area contributed by atoms with Gasteiger partial charge < -0.3 is 20.1 Å². The van der Waals surface area contributed by atoms with Crippen LogP contribution in [0, 0.1) is 16.2 Å². The Balaban J connectivity index is 4.64. The number of ether oxygens (including phenoxy) is 2. The summed E-state index contributed by atoms with van der Waals surface area (Å²) in [7, 11) is 1.62. The first kappa shape index (κ1) is 29.9. The molecule has 2 amide bonds. The third-order valence-corrected chi connectivity index (χ3v) is 5.28. The van der Waals surface area contributed by atoms with Gasteiger partial charge >= 0.3 is 0 Å². The second-order valence-corrected chi connectivity index (χ2v) is 12.7. The molecule has 0 saturated heterocycles. The van der Waals surface area contributed by atoms with E-state index in [4.69, 9.17) is 9.47 Å². The van der Waals surface area contributed by atoms with Crippen LogP contribution in [0.3, 0.4) is 0 Å². The summed E-state index contributed by atoms with van der Waals surface area (Å²) < 4.78 is 11.9. The highest BCUT2D eigenvalue weighted by molar-refractivity contribution is 5.81. The summed E-state index contributed by atoms with van der Waals surface area (Å²) in [5, 5.41) is 5.76. The van der Waals surface area contributed by atoms with Crippen LogP contribution < -0.4 is 10.6 Å². The summed E-state index contributed by atoms with van der Waals surface area (Å²) in [6.45, 7) is 24.4. The normalized spacial score (nSPS) is 13.8. The Morgan fingerprint density at radius 2 is 1.35 bits per heavy atom. The van der Waals surface area contributed by atoms with E-state index in [0.717, 1.165) is 6.42 Å². The highest BCUT2D eigenvalue weighted by Crippen LogP contribution is 2.34. The Bertz CT molecular complexity index is 587. The molecule has 0 rings (SSSR count). The summed E-state index contributed by atoms with van der Waals surface area (Å²) in [6, 6.07) is 0. The zero-order valence-corrected chi connectivity index (χ0v) is 22.4. The maximum atomic E-state index is 12.9. The van der Waals surface area contributed by atoms with Gasteiger partial charge in [0, 0.05) is 25.6 Å². The fourth-order valence-corrected chi connectivity index (χ4v) is 3.60. The van der Waals surface area contributed by atoms with E-state index in [2.05, 4.69) is 59.1 Å². The molecule has 0 aromatic rings. The minimum absolute atomic E-state index is 0.0151. The van der Waals surface area contributed by atoms with Crippen molar-refractivity contribution < 1.29 is 19.1 Å². The van der Waals surface area contributed by atoms with E-state index in [1.54, 1.807) is 7.05 Å². The van der Waals surface area contributed by atoms with Crippen LogP contribution in [0.1, 0.15) is 95.4 Å². The Hall–Kier alpha value is -1.14. The van der Waals surface area contributed by atoms with Crippen LogP contribution in [0.2, 0.25) is 0 Å². The molecule has 0 aliphatic rings. The van der Waals surface area contributed by atoms with Crippen LogP contribution in [0.4, 0.5) is 0 Å². The summed E-state index contributed by atoms with van der Waals surface area (Å²) in [6.07, 6.45) is 1.81. The molecule has 0 unspecified atom stereocenters. The lowest BCUT2D eigenvalue weighted by Gasteiger charge is -2.37. The third kappa shape index (κ3) is 13.8. The van der Waals surface area contributed by atoms with Gasteiger partial charge in [-0.1, -0.05) is 41.5 Å². The van der Waals surface area contributed by atoms with Crippen molar-refractivity contribution in [2.75, 3.05) is 26.8 Å². The lowest BCUT2D eigenvalue weighted by molar-refractivity contribution is -0.134. The molecule has 6 heteroatoms. The van der Waals surface area contributed by atoms with E-state index < -0.39 is 11.0 Å². The van der Waals surface area contributed by atoms with E-state index in [0.29, 0.717) is 32.6 Å². The van der Waals surface area contributed by atoms with E-state index in [-0.39, 0.29) is 28.2 Å². The van der Waals surface area contributed by atoms with Gasteiger partial charge in [-0.15, -0.1) is 0 Å². The molecule has 0 saturated carbocycles. The Kier molecular flexibility index (Phi) is 10.7. The Labute approximate surface area is 191 Å². The molecule has 0 aliphatic carbocycles. The average molecular weight is 443 g/mol. The molecule has 0 heterocycles. The molecular weight excluding hydrogens is 392 g/mol. The van der Waals surface area contributed by atoms with Gasteiger partial charge in [0.15, 0.2) is 0 Å². The van der Waals surface area contributed by atoms with Gasteiger partial charge in [0.05, 0.1) is 24.2 Å². The van der Waals surface area contributed by atoms with E-state index in [9.17, 15) is 9.59 Å². The van der Waals surface area contributed by atoms with Crippen molar-refractivity contribution in [3.05, 3.63) is 0 Å². The van der Waals surface area contributed by atoms with Gasteiger partial charge in [0.1, 0.15) is 0 Å². The molecule has 0 radical (unpaired) electrons. The van der Waals surface area contributed by atoms with Gasteiger partial charge in [-0.25, -0.2) is 0 Å². The predicted octanol–water partition coefficient (Wildman–Crippen LogP) is 4.71. The first-order valence-corrected chi connectivity index (χ1v) is 11.5. The standard InChI is InChI=1S/C25H50N2O4/c1-21(2,3)31-18-23(6,7)16-22(4,5)17-27-20(29)24(8,9)13-14-30-25(10,11)15-19(28)26-12/h13-18H2,1-12H3,(H,26,28)(H,27,29). The lowest BCUT2D eigenvalue weighted by atomic mass is 9.75. The minimum atomic E-state index is -0.560. The molecule has 0 aliphatic heterocycles. The maximum absolute atomic E-state index is 12.9. The topological polar surface area (TPSA) is 76.7 Å². The average Bonchev–Trinajstić information content (AvgIpc) is 2.55. The second-order valence-electron chi connectivity index (χ2n) is 12.7. The van der Waals surface area contributed by atoms with Crippen LogP contribution in [-0.2, 0) is 19.1 Å². The first-order chi connectivity index (χ1) is 13.7. The molecule has 6 nitrogen and oxygen atoms in total. The van der Waals surface area contributed by atoms with E-state index in [1.807, 2.05) is 27.7 Å². The van der Waals surface area contributed by atoms with Crippen LogP contribution in [0.15, 0.2) is 0 Å². The van der Waals surface area contributed by atoms with E-state index in [1.165, 1.54) is 0 Å². The van der Waals surface area contributed by atoms with Gasteiger partial charge in [0.25, 0.3) is 0 Å². The Morgan fingerprint density at radius 3 is 1.84 bits per heavy atom. The molecule has 2 N–H and O–H groups in total. The largest absolute Gasteiger partial charge is 0.375 e. The molecule has 184 valence electrons. The van der Waals surface area contributed by atoms with Crippen LogP contribution in [0.5, 0.6) is 0 Å². The molecular formula is C25H50N2O4. The highest BCUT2D eigenvalue weighted by atomic mass is 16.5. The monoisotopic (exact) mass is 442 g/mol. The van der Waals surface area contributed by atoms with Crippen molar-refractivity contribution in [3.63, 3.8) is 0 Å². The number of carbonyl (C=O) groups is 2. The number of hydrogen-bond donors (Lipinski definition) is 2. The smallest absolute Gasteiger partial charge is 0.225 e. The summed E-state index contributed by atoms with van der Waals surface area (Å²) in [5.74, 6) is -0.0305. The number of hydrogen-bond acceptors (Lipinski definition) is 4. The molecule has 31 heavy (non-hydrogen) atoms. The van der Waals surface area contributed by atoms with Crippen molar-refractivity contribution in [1.29, 1.82) is 0 Å². The van der Waals surface area contributed by atoms with Gasteiger partial charge in [-0.3, -0.25) is 9.59 Å². The zero-order chi connectivity index (χ0) is 24.7. The summed E-state index contributed by atoms with van der Waals surface area (Å²) in [4.78, 5) is 24.5. The number of carbonyl (C=O) groups excluding carboxylic acids is 2. The molecule has 0 spiro atoms. The molecule has 0 bridgehead atoms. The second kappa shape index (κ2) is 11.1. The Morgan fingerprint density at radius 1 is 0.806 bits per heavy atom. The number of nitrogens with one attached hydrogen (secondary N) is 2. The van der Waals surface area contributed by atoms with Crippen molar-refractivity contribution in [2.24, 2.45) is 16.2 Å². The fraction of sp³-hybridized carbons (Fsp3) is 0.920. The van der Waals surface area contributed by atoms with Crippen LogP contribution >= 0.6 is 0 Å². The van der Waals surface area contributed by atoms with Crippen molar-refractivity contribution >= 4 is 11.8 Å². The molecule has 0 aromatic carbocycles. The predicted molar refractivity (Wildman–Crippen MR) is 128 cm³/mol. The molecule has 0 atom stereocenters. The van der Waals surface area contributed by atoms with Gasteiger partial charge in [-0.2, -0.15) is 0 Å². The minimum Gasteiger partial charge on any atom is -0.375 e. The quantitative estimate of drug-likeness (QED) is 0.433. The highest BCUT2D eigenvalue weighted by Gasteiger charge is 2.33. The van der Waals surface area contributed by atoms with E-state index >= 15 is 0 Å². The summed E-state index contributed by atoms with van der Waals surface area (Å²) >= 11 is 0. The van der Waals surface area contributed by atoms with Crippen molar-refractivity contribution in [3.8, 4) is 0 Å².